The van der Waals surface area contributed by atoms with Crippen LogP contribution >= 0.6 is 23.2 Å². The number of amides is 3. The Labute approximate surface area is 200 Å². The van der Waals surface area contributed by atoms with Crippen molar-refractivity contribution in [1.82, 2.24) is 16.0 Å². The van der Waals surface area contributed by atoms with Crippen molar-refractivity contribution < 1.29 is 19.1 Å². The van der Waals surface area contributed by atoms with E-state index >= 15 is 0 Å². The quantitative estimate of drug-likeness (QED) is 0.423. The fourth-order valence-electron chi connectivity index (χ4n) is 3.99. The van der Waals surface area contributed by atoms with E-state index in [0.717, 1.165) is 0 Å². The number of anilines is 2. The third-order valence-corrected chi connectivity index (χ3v) is 6.01. The highest BCUT2D eigenvalue weighted by atomic mass is 35.5. The maximum Gasteiger partial charge on any atom is 0.229 e. The van der Waals surface area contributed by atoms with Gasteiger partial charge in [-0.15, -0.1) is 0 Å². The topological polar surface area (TPSA) is 121 Å². The largest absolute Gasteiger partial charge is 0.492 e. The molecule has 2 heterocycles. The molecule has 3 amide bonds. The maximum atomic E-state index is 13.1. The second-order valence-corrected chi connectivity index (χ2v) is 8.52. The standard InChI is InChI=1S/C22H23Cl2N5O4/c1-2-33-16-6-4-3-5-15(16)25-20(31)12-10-17(30)27-19-18(12)21(32)29-22(28-19)26-14-8-7-11(23)9-13(14)24/h3-9,12,18-19,22,26,28H,2,10H2,1H3,(H,25,31)(H,27,30)(H,29,32). The molecular weight excluding hydrogens is 469 g/mol. The molecule has 0 aliphatic carbocycles. The van der Waals surface area contributed by atoms with Crippen LogP contribution in [0.1, 0.15) is 13.3 Å². The molecule has 2 aliphatic heterocycles. The van der Waals surface area contributed by atoms with Gasteiger partial charge in [0.05, 0.1) is 41.0 Å². The number of carbonyl (C=O) groups is 3. The zero-order valence-electron chi connectivity index (χ0n) is 17.7. The smallest absolute Gasteiger partial charge is 0.229 e. The minimum Gasteiger partial charge on any atom is -0.492 e. The summed E-state index contributed by atoms with van der Waals surface area (Å²) in [6.45, 7) is 2.27. The molecule has 2 aliphatic rings. The summed E-state index contributed by atoms with van der Waals surface area (Å²) in [6.07, 6.45) is -1.58. The number of fused-ring (bicyclic) bond motifs is 1. The van der Waals surface area contributed by atoms with Crippen molar-refractivity contribution in [2.45, 2.75) is 25.8 Å². The van der Waals surface area contributed by atoms with Gasteiger partial charge in [0.1, 0.15) is 5.75 Å². The van der Waals surface area contributed by atoms with Crippen molar-refractivity contribution >= 4 is 52.3 Å². The molecular formula is C22H23Cl2N5O4. The van der Waals surface area contributed by atoms with Gasteiger partial charge in [-0.3, -0.25) is 19.7 Å². The lowest BCUT2D eigenvalue weighted by atomic mass is 9.81. The number of rotatable bonds is 6. The van der Waals surface area contributed by atoms with Gasteiger partial charge in [-0.25, -0.2) is 0 Å². The summed E-state index contributed by atoms with van der Waals surface area (Å²) in [6, 6.07) is 11.9. The molecule has 0 saturated carbocycles. The van der Waals surface area contributed by atoms with Crippen LogP contribution in [0.5, 0.6) is 5.75 Å². The van der Waals surface area contributed by atoms with Gasteiger partial charge < -0.3 is 26.0 Å². The summed E-state index contributed by atoms with van der Waals surface area (Å²) < 4.78 is 5.55. The highest BCUT2D eigenvalue weighted by molar-refractivity contribution is 6.36. The van der Waals surface area contributed by atoms with Crippen molar-refractivity contribution in [2.75, 3.05) is 17.2 Å². The monoisotopic (exact) mass is 491 g/mol. The fourth-order valence-corrected chi connectivity index (χ4v) is 4.46. The van der Waals surface area contributed by atoms with Crippen molar-refractivity contribution in [2.24, 2.45) is 11.8 Å². The zero-order chi connectivity index (χ0) is 23.5. The van der Waals surface area contributed by atoms with Gasteiger partial charge in [-0.2, -0.15) is 0 Å². The van der Waals surface area contributed by atoms with E-state index in [0.29, 0.717) is 33.8 Å². The Hall–Kier alpha value is -3.01. The number of benzene rings is 2. The normalized spacial score (nSPS) is 24.2. The van der Waals surface area contributed by atoms with E-state index in [2.05, 4.69) is 26.6 Å². The van der Waals surface area contributed by atoms with Crippen LogP contribution in [0.15, 0.2) is 42.5 Å². The van der Waals surface area contributed by atoms with Gasteiger partial charge in [0.2, 0.25) is 17.7 Å². The molecule has 2 fully saturated rings. The molecule has 174 valence electrons. The Balaban J connectivity index is 1.49. The molecule has 2 saturated heterocycles. The maximum absolute atomic E-state index is 13.1. The number of hydrogen-bond acceptors (Lipinski definition) is 6. The van der Waals surface area contributed by atoms with Gasteiger partial charge in [-0.1, -0.05) is 35.3 Å². The molecule has 0 radical (unpaired) electrons. The van der Waals surface area contributed by atoms with Crippen LogP contribution in [0, 0.1) is 11.8 Å². The van der Waals surface area contributed by atoms with E-state index in [9.17, 15) is 14.4 Å². The van der Waals surface area contributed by atoms with Crippen molar-refractivity contribution in [3.8, 4) is 5.75 Å². The number of halogens is 2. The zero-order valence-corrected chi connectivity index (χ0v) is 19.2. The molecule has 0 bridgehead atoms. The predicted molar refractivity (Wildman–Crippen MR) is 125 cm³/mol. The Morgan fingerprint density at radius 3 is 2.67 bits per heavy atom. The van der Waals surface area contributed by atoms with E-state index in [1.807, 2.05) is 6.92 Å². The lowest BCUT2D eigenvalue weighted by Gasteiger charge is -2.43. The van der Waals surface area contributed by atoms with Crippen LogP contribution in [-0.4, -0.2) is 36.8 Å². The van der Waals surface area contributed by atoms with Crippen molar-refractivity contribution in [1.29, 1.82) is 0 Å². The highest BCUT2D eigenvalue weighted by Crippen LogP contribution is 2.31. The van der Waals surface area contributed by atoms with Crippen molar-refractivity contribution in [3.05, 3.63) is 52.5 Å². The van der Waals surface area contributed by atoms with Crippen LogP contribution in [-0.2, 0) is 14.4 Å². The van der Waals surface area contributed by atoms with E-state index in [1.54, 1.807) is 42.5 Å². The lowest BCUT2D eigenvalue weighted by Crippen LogP contribution is -2.72. The summed E-state index contributed by atoms with van der Waals surface area (Å²) >= 11 is 12.1. The number of piperidine rings is 1. The van der Waals surface area contributed by atoms with Crippen LogP contribution in [0.25, 0.3) is 0 Å². The Morgan fingerprint density at radius 1 is 1.12 bits per heavy atom. The third kappa shape index (κ3) is 5.16. The summed E-state index contributed by atoms with van der Waals surface area (Å²) in [7, 11) is 0. The first-order valence-corrected chi connectivity index (χ1v) is 11.2. The van der Waals surface area contributed by atoms with Crippen LogP contribution in [0.4, 0.5) is 11.4 Å². The van der Waals surface area contributed by atoms with Crippen LogP contribution < -0.4 is 31.3 Å². The highest BCUT2D eigenvalue weighted by Gasteiger charge is 2.48. The summed E-state index contributed by atoms with van der Waals surface area (Å²) in [5.41, 5.74) is 1.02. The van der Waals surface area contributed by atoms with Gasteiger partial charge >= 0.3 is 0 Å². The molecule has 2 aromatic rings. The molecule has 0 aromatic heterocycles. The van der Waals surface area contributed by atoms with Crippen LogP contribution in [0.3, 0.4) is 0 Å². The second kappa shape index (κ2) is 9.86. The lowest BCUT2D eigenvalue weighted by molar-refractivity contribution is -0.144. The molecule has 4 rings (SSSR count). The van der Waals surface area contributed by atoms with E-state index in [1.165, 1.54) is 0 Å². The molecule has 4 atom stereocenters. The number of hydrogen-bond donors (Lipinski definition) is 5. The first-order valence-electron chi connectivity index (χ1n) is 10.5. The molecule has 4 unspecified atom stereocenters. The molecule has 9 nitrogen and oxygen atoms in total. The summed E-state index contributed by atoms with van der Waals surface area (Å²) in [5.74, 6) is -2.30. The Morgan fingerprint density at radius 2 is 1.91 bits per heavy atom. The van der Waals surface area contributed by atoms with E-state index in [4.69, 9.17) is 27.9 Å². The number of para-hydroxylation sites is 2. The van der Waals surface area contributed by atoms with E-state index < -0.39 is 30.2 Å². The minimum atomic E-state index is -0.869. The minimum absolute atomic E-state index is 0.111. The SMILES string of the molecule is CCOc1ccccc1NC(=O)C1CC(=O)NC2NC(Nc3ccc(Cl)cc3Cl)NC(=O)C21. The summed E-state index contributed by atoms with van der Waals surface area (Å²) in [4.78, 5) is 38.5. The molecule has 11 heteroatoms. The van der Waals surface area contributed by atoms with Crippen LogP contribution in [0.2, 0.25) is 10.0 Å². The summed E-state index contributed by atoms with van der Waals surface area (Å²) in [5, 5.41) is 15.4. The number of ether oxygens (including phenoxy) is 1. The molecule has 2 aromatic carbocycles. The van der Waals surface area contributed by atoms with Gasteiger partial charge in [0.25, 0.3) is 0 Å². The molecule has 0 spiro atoms. The average molecular weight is 492 g/mol. The van der Waals surface area contributed by atoms with Gasteiger partial charge in [-0.05, 0) is 37.3 Å². The Bertz CT molecular complexity index is 1080. The number of carbonyl (C=O) groups excluding carboxylic acids is 3. The first-order chi connectivity index (χ1) is 15.9. The van der Waals surface area contributed by atoms with Crippen molar-refractivity contribution in [3.63, 3.8) is 0 Å². The number of nitrogens with one attached hydrogen (secondary N) is 5. The average Bonchev–Trinajstić information content (AvgIpc) is 2.76. The van der Waals surface area contributed by atoms with Gasteiger partial charge in [0, 0.05) is 11.4 Å². The second-order valence-electron chi connectivity index (χ2n) is 7.68. The molecule has 5 N–H and O–H groups in total. The third-order valence-electron chi connectivity index (χ3n) is 5.46. The molecule has 33 heavy (non-hydrogen) atoms. The van der Waals surface area contributed by atoms with E-state index in [-0.39, 0.29) is 18.2 Å². The van der Waals surface area contributed by atoms with Gasteiger partial charge in [0.15, 0.2) is 6.29 Å². The predicted octanol–water partition coefficient (Wildman–Crippen LogP) is 2.52. The first kappa shape index (κ1) is 23.2. The fraction of sp³-hybridized carbons (Fsp3) is 0.318. The Kier molecular flexibility index (Phi) is 6.92.